The Balaban J connectivity index is 1.28. The van der Waals surface area contributed by atoms with E-state index in [2.05, 4.69) is 16.5 Å². The van der Waals surface area contributed by atoms with Crippen LogP contribution in [-0.4, -0.2) is 46.3 Å². The molecule has 2 aliphatic heterocycles. The second-order valence-corrected chi connectivity index (χ2v) is 9.31. The SMILES string of the molecule is CC(=O)N1CC2(CCN(C(=O)Nc3cc(-c4cccc(Cl)c4)nn3C)CC2)c2ccccc21. The van der Waals surface area contributed by atoms with Gasteiger partial charge in [0.05, 0.1) is 5.69 Å². The lowest BCUT2D eigenvalue weighted by atomic mass is 9.74. The van der Waals surface area contributed by atoms with E-state index in [4.69, 9.17) is 11.6 Å². The number of anilines is 2. The second-order valence-electron chi connectivity index (χ2n) is 8.87. The first-order chi connectivity index (χ1) is 15.9. The number of piperidine rings is 1. The molecular formula is C25H26ClN5O2. The fraction of sp³-hybridized carbons (Fsp3) is 0.320. The van der Waals surface area contributed by atoms with Crippen molar-refractivity contribution in [2.24, 2.45) is 7.05 Å². The molecule has 0 atom stereocenters. The van der Waals surface area contributed by atoms with Crippen LogP contribution >= 0.6 is 11.6 Å². The van der Waals surface area contributed by atoms with E-state index < -0.39 is 0 Å². The molecular weight excluding hydrogens is 438 g/mol. The molecule has 3 amide bonds. The molecule has 0 radical (unpaired) electrons. The van der Waals surface area contributed by atoms with Gasteiger partial charge in [-0.05, 0) is 36.6 Å². The van der Waals surface area contributed by atoms with Crippen LogP contribution in [0.4, 0.5) is 16.3 Å². The molecule has 170 valence electrons. The third kappa shape index (κ3) is 3.86. The maximum atomic E-state index is 13.0. The number of aryl methyl sites for hydroxylation is 1. The van der Waals surface area contributed by atoms with Crippen molar-refractivity contribution in [1.82, 2.24) is 14.7 Å². The molecule has 3 heterocycles. The van der Waals surface area contributed by atoms with E-state index in [1.54, 1.807) is 18.7 Å². The zero-order chi connectivity index (χ0) is 23.2. The number of rotatable bonds is 2. The third-order valence-electron chi connectivity index (χ3n) is 6.85. The van der Waals surface area contributed by atoms with Gasteiger partial charge in [0.15, 0.2) is 0 Å². The molecule has 1 spiro atoms. The molecule has 1 fully saturated rings. The van der Waals surface area contributed by atoms with Crippen LogP contribution in [0, 0.1) is 0 Å². The number of benzene rings is 2. The third-order valence-corrected chi connectivity index (χ3v) is 7.09. The van der Waals surface area contributed by atoms with Gasteiger partial charge in [-0.25, -0.2) is 4.79 Å². The van der Waals surface area contributed by atoms with Crippen LogP contribution in [0.5, 0.6) is 0 Å². The van der Waals surface area contributed by atoms with Gasteiger partial charge in [-0.15, -0.1) is 0 Å². The van der Waals surface area contributed by atoms with Gasteiger partial charge >= 0.3 is 6.03 Å². The Bertz CT molecular complexity index is 1230. The predicted molar refractivity (Wildman–Crippen MR) is 130 cm³/mol. The Hall–Kier alpha value is -3.32. The first-order valence-corrected chi connectivity index (χ1v) is 11.5. The molecule has 8 heteroatoms. The minimum atomic E-state index is -0.139. The number of urea groups is 1. The Morgan fingerprint density at radius 2 is 1.82 bits per heavy atom. The molecule has 33 heavy (non-hydrogen) atoms. The van der Waals surface area contributed by atoms with E-state index in [0.717, 1.165) is 29.8 Å². The number of hydrogen-bond acceptors (Lipinski definition) is 3. The van der Waals surface area contributed by atoms with Gasteiger partial charge in [-0.1, -0.05) is 41.9 Å². The smallest absolute Gasteiger partial charge is 0.323 e. The lowest BCUT2D eigenvalue weighted by Crippen LogP contribution is -2.48. The summed E-state index contributed by atoms with van der Waals surface area (Å²) in [5, 5.41) is 8.16. The van der Waals surface area contributed by atoms with E-state index in [-0.39, 0.29) is 17.4 Å². The largest absolute Gasteiger partial charge is 0.324 e. The highest BCUT2D eigenvalue weighted by Crippen LogP contribution is 2.47. The van der Waals surface area contributed by atoms with Crippen molar-refractivity contribution in [3.63, 3.8) is 0 Å². The summed E-state index contributed by atoms with van der Waals surface area (Å²) in [6.45, 7) is 3.56. The standard InChI is InChI=1S/C25H26ClN5O2/c1-17(32)31-16-25(20-8-3-4-9-22(20)31)10-12-30(13-11-25)24(33)27-23-15-21(28-29(23)2)18-6-5-7-19(26)14-18/h3-9,14-15H,10-13,16H2,1-2H3,(H,27,33). The van der Waals surface area contributed by atoms with E-state index in [0.29, 0.717) is 30.5 Å². The summed E-state index contributed by atoms with van der Waals surface area (Å²) in [7, 11) is 1.81. The van der Waals surface area contributed by atoms with Crippen LogP contribution in [0.3, 0.4) is 0 Å². The average molecular weight is 464 g/mol. The summed E-state index contributed by atoms with van der Waals surface area (Å²) in [6.07, 6.45) is 1.64. The van der Waals surface area contributed by atoms with Crippen LogP contribution in [0.1, 0.15) is 25.3 Å². The summed E-state index contributed by atoms with van der Waals surface area (Å²) in [6, 6.07) is 17.3. The molecule has 1 N–H and O–H groups in total. The molecule has 3 aromatic rings. The van der Waals surface area contributed by atoms with Crippen molar-refractivity contribution in [3.8, 4) is 11.3 Å². The predicted octanol–water partition coefficient (Wildman–Crippen LogP) is 4.67. The molecule has 5 rings (SSSR count). The normalized spacial score (nSPS) is 16.7. The highest BCUT2D eigenvalue weighted by atomic mass is 35.5. The molecule has 0 aliphatic carbocycles. The van der Waals surface area contributed by atoms with E-state index in [1.807, 2.05) is 58.3 Å². The molecule has 2 aliphatic rings. The van der Waals surface area contributed by atoms with Gasteiger partial charge in [-0.2, -0.15) is 5.10 Å². The monoisotopic (exact) mass is 463 g/mol. The van der Waals surface area contributed by atoms with Crippen LogP contribution in [0.2, 0.25) is 5.02 Å². The highest BCUT2D eigenvalue weighted by Gasteiger charge is 2.46. The highest BCUT2D eigenvalue weighted by molar-refractivity contribution is 6.30. The number of aromatic nitrogens is 2. The number of fused-ring (bicyclic) bond motifs is 2. The number of para-hydroxylation sites is 1. The van der Waals surface area contributed by atoms with E-state index in [1.165, 1.54) is 5.56 Å². The minimum Gasteiger partial charge on any atom is -0.324 e. The van der Waals surface area contributed by atoms with Gasteiger partial charge in [0.25, 0.3) is 0 Å². The molecule has 1 aromatic heterocycles. The molecule has 7 nitrogen and oxygen atoms in total. The number of likely N-dealkylation sites (tertiary alicyclic amines) is 1. The second kappa shape index (κ2) is 8.23. The minimum absolute atomic E-state index is 0.0613. The lowest BCUT2D eigenvalue weighted by molar-refractivity contribution is -0.116. The van der Waals surface area contributed by atoms with Crippen molar-refractivity contribution < 1.29 is 9.59 Å². The van der Waals surface area contributed by atoms with E-state index >= 15 is 0 Å². The van der Waals surface area contributed by atoms with Crippen LogP contribution in [-0.2, 0) is 17.3 Å². The fourth-order valence-electron chi connectivity index (χ4n) is 5.04. The quantitative estimate of drug-likeness (QED) is 0.600. The van der Waals surface area contributed by atoms with Crippen molar-refractivity contribution in [3.05, 3.63) is 65.2 Å². The molecule has 2 aromatic carbocycles. The summed E-state index contributed by atoms with van der Waals surface area (Å²) in [5.41, 5.74) is 3.78. The Labute approximate surface area is 197 Å². The first kappa shape index (κ1) is 21.5. The summed E-state index contributed by atoms with van der Waals surface area (Å²) in [5.74, 6) is 0.690. The molecule has 0 bridgehead atoms. The van der Waals surface area contributed by atoms with Crippen LogP contribution in [0.25, 0.3) is 11.3 Å². The number of carbonyl (C=O) groups is 2. The van der Waals surface area contributed by atoms with Gasteiger partial charge in [-0.3, -0.25) is 14.8 Å². The summed E-state index contributed by atoms with van der Waals surface area (Å²) in [4.78, 5) is 28.9. The Morgan fingerprint density at radius 1 is 1.06 bits per heavy atom. The summed E-state index contributed by atoms with van der Waals surface area (Å²) >= 11 is 6.10. The molecule has 0 unspecified atom stereocenters. The lowest BCUT2D eigenvalue weighted by Gasteiger charge is -2.39. The first-order valence-electron chi connectivity index (χ1n) is 11.1. The number of nitrogens with one attached hydrogen (secondary N) is 1. The zero-order valence-corrected chi connectivity index (χ0v) is 19.5. The van der Waals surface area contributed by atoms with Crippen LogP contribution in [0.15, 0.2) is 54.6 Å². The van der Waals surface area contributed by atoms with Crippen molar-refractivity contribution in [2.45, 2.75) is 25.2 Å². The topological polar surface area (TPSA) is 70.5 Å². The van der Waals surface area contributed by atoms with Crippen molar-refractivity contribution >= 4 is 35.0 Å². The van der Waals surface area contributed by atoms with Gasteiger partial charge in [0.1, 0.15) is 5.82 Å². The fourth-order valence-corrected chi connectivity index (χ4v) is 5.23. The molecule has 1 saturated heterocycles. The number of nitrogens with zero attached hydrogens (tertiary/aromatic N) is 4. The number of carbonyl (C=O) groups excluding carboxylic acids is 2. The Kier molecular flexibility index (Phi) is 5.37. The number of amides is 3. The van der Waals surface area contributed by atoms with Gasteiger partial charge in [0.2, 0.25) is 5.91 Å². The van der Waals surface area contributed by atoms with Gasteiger partial charge < -0.3 is 9.80 Å². The maximum Gasteiger partial charge on any atom is 0.323 e. The van der Waals surface area contributed by atoms with E-state index in [9.17, 15) is 9.59 Å². The summed E-state index contributed by atoms with van der Waals surface area (Å²) < 4.78 is 1.66. The van der Waals surface area contributed by atoms with Crippen LogP contribution < -0.4 is 10.2 Å². The number of halogens is 1. The molecule has 0 saturated carbocycles. The van der Waals surface area contributed by atoms with Crippen molar-refractivity contribution in [2.75, 3.05) is 29.9 Å². The zero-order valence-electron chi connectivity index (χ0n) is 18.7. The van der Waals surface area contributed by atoms with Gasteiger partial charge in [0, 0.05) is 61.4 Å². The van der Waals surface area contributed by atoms with Crippen molar-refractivity contribution in [1.29, 1.82) is 0 Å². The number of hydrogen-bond donors (Lipinski definition) is 1. The maximum absolute atomic E-state index is 13.0. The average Bonchev–Trinajstić information content (AvgIpc) is 3.33. The Morgan fingerprint density at radius 3 is 2.55 bits per heavy atom.